The van der Waals surface area contributed by atoms with Crippen LogP contribution in [0.15, 0.2) is 29.2 Å². The van der Waals surface area contributed by atoms with Gasteiger partial charge in [0.25, 0.3) is 5.56 Å². The van der Waals surface area contributed by atoms with Gasteiger partial charge in [-0.2, -0.15) is 0 Å². The van der Waals surface area contributed by atoms with E-state index in [9.17, 15) is 9.59 Å². The number of fused-ring (bicyclic) bond motifs is 4. The molecule has 0 spiro atoms. The molecule has 4 heterocycles. The van der Waals surface area contributed by atoms with E-state index in [4.69, 9.17) is 0 Å². The smallest absolute Gasteiger partial charge is 0.250 e. The second kappa shape index (κ2) is 7.30. The van der Waals surface area contributed by atoms with Crippen LogP contribution < -0.4 is 16.2 Å². The van der Waals surface area contributed by atoms with Gasteiger partial charge in [0.1, 0.15) is 6.54 Å². The first kappa shape index (κ1) is 16.8. The van der Waals surface area contributed by atoms with Gasteiger partial charge in [0.15, 0.2) is 0 Å². The standard InChI is InChI=1S/C19H28N4O2/c24-18(13-22-7-3-2-6-19(22)25)21-12-17-15-9-14(10-20-11-15)16-5-1-4-8-23(16)17/h2-3,6-7,14-17,20H,1,4-5,8-13H2,(H,21,24)/t14-,15+,16+,17+/m1/s1. The number of hydrogen-bond donors (Lipinski definition) is 2. The third kappa shape index (κ3) is 3.51. The Morgan fingerprint density at radius 1 is 1.24 bits per heavy atom. The van der Waals surface area contributed by atoms with Crippen LogP contribution in [-0.4, -0.2) is 53.6 Å². The second-order valence-electron chi connectivity index (χ2n) is 7.75. The molecule has 6 nitrogen and oxygen atoms in total. The Morgan fingerprint density at radius 3 is 3.00 bits per heavy atom. The van der Waals surface area contributed by atoms with Crippen molar-refractivity contribution in [2.45, 2.75) is 44.3 Å². The maximum absolute atomic E-state index is 12.3. The molecule has 4 rings (SSSR count). The predicted molar refractivity (Wildman–Crippen MR) is 96.3 cm³/mol. The van der Waals surface area contributed by atoms with E-state index in [-0.39, 0.29) is 18.0 Å². The van der Waals surface area contributed by atoms with Crippen LogP contribution in [0.4, 0.5) is 0 Å². The van der Waals surface area contributed by atoms with E-state index in [0.29, 0.717) is 24.5 Å². The molecule has 1 aromatic heterocycles. The van der Waals surface area contributed by atoms with Gasteiger partial charge in [0.05, 0.1) is 0 Å². The summed E-state index contributed by atoms with van der Waals surface area (Å²) in [5.74, 6) is 1.31. The molecule has 4 atom stereocenters. The maximum Gasteiger partial charge on any atom is 0.250 e. The van der Waals surface area contributed by atoms with Crippen LogP contribution in [0.2, 0.25) is 0 Å². The Balaban J connectivity index is 1.39. The fourth-order valence-corrected chi connectivity index (χ4v) is 5.07. The van der Waals surface area contributed by atoms with Crippen molar-refractivity contribution in [2.24, 2.45) is 11.8 Å². The highest BCUT2D eigenvalue weighted by Crippen LogP contribution is 2.38. The van der Waals surface area contributed by atoms with Gasteiger partial charge in [-0.25, -0.2) is 0 Å². The molecule has 6 heteroatoms. The van der Waals surface area contributed by atoms with Crippen molar-refractivity contribution in [1.29, 1.82) is 0 Å². The van der Waals surface area contributed by atoms with E-state index < -0.39 is 0 Å². The van der Waals surface area contributed by atoms with Crippen LogP contribution in [0.5, 0.6) is 0 Å². The van der Waals surface area contributed by atoms with Crippen molar-refractivity contribution in [3.05, 3.63) is 34.7 Å². The van der Waals surface area contributed by atoms with Crippen LogP contribution in [0.1, 0.15) is 25.7 Å². The van der Waals surface area contributed by atoms with Crippen molar-refractivity contribution in [3.63, 3.8) is 0 Å². The Kier molecular flexibility index (Phi) is 4.90. The number of hydrogen-bond acceptors (Lipinski definition) is 4. The lowest BCUT2D eigenvalue weighted by Gasteiger charge is -2.55. The SMILES string of the molecule is O=C(Cn1ccccc1=O)NC[C@H]1[C@@H]2CNC[C@@H](C2)[C@@H]2CCCCN21. The van der Waals surface area contributed by atoms with Crippen LogP contribution >= 0.6 is 0 Å². The molecule has 3 fully saturated rings. The number of nitrogens with one attached hydrogen (secondary N) is 2. The number of nitrogens with zero attached hydrogens (tertiary/aromatic N) is 2. The molecule has 0 aliphatic carbocycles. The fraction of sp³-hybridized carbons (Fsp3) is 0.684. The van der Waals surface area contributed by atoms with Crippen molar-refractivity contribution in [1.82, 2.24) is 20.1 Å². The van der Waals surface area contributed by atoms with Gasteiger partial charge in [0, 0.05) is 30.9 Å². The molecule has 1 amide bonds. The molecule has 3 aliphatic heterocycles. The number of carbonyl (C=O) groups is 1. The topological polar surface area (TPSA) is 66.4 Å². The minimum atomic E-state index is -0.134. The minimum Gasteiger partial charge on any atom is -0.353 e. The number of pyridine rings is 1. The monoisotopic (exact) mass is 344 g/mol. The zero-order valence-corrected chi connectivity index (χ0v) is 14.7. The first-order chi connectivity index (χ1) is 12.2. The third-order valence-corrected chi connectivity index (χ3v) is 6.25. The van der Waals surface area contributed by atoms with Gasteiger partial charge in [-0.05, 0) is 56.8 Å². The van der Waals surface area contributed by atoms with Crippen molar-refractivity contribution < 1.29 is 4.79 Å². The normalized spacial score (nSPS) is 32.0. The summed E-state index contributed by atoms with van der Waals surface area (Å²) in [6.45, 7) is 4.15. The van der Waals surface area contributed by atoms with Gasteiger partial charge in [0.2, 0.25) is 5.91 Å². The fourth-order valence-electron chi connectivity index (χ4n) is 5.07. The van der Waals surface area contributed by atoms with Crippen molar-refractivity contribution >= 4 is 5.91 Å². The summed E-state index contributed by atoms with van der Waals surface area (Å²) in [7, 11) is 0. The number of aromatic nitrogens is 1. The molecule has 0 unspecified atom stereocenters. The molecular weight excluding hydrogens is 316 g/mol. The summed E-state index contributed by atoms with van der Waals surface area (Å²) < 4.78 is 1.46. The van der Waals surface area contributed by atoms with E-state index in [0.717, 1.165) is 25.6 Å². The average molecular weight is 344 g/mol. The van der Waals surface area contributed by atoms with E-state index >= 15 is 0 Å². The molecule has 2 N–H and O–H groups in total. The van der Waals surface area contributed by atoms with Gasteiger partial charge in [-0.15, -0.1) is 0 Å². The number of rotatable bonds is 4. The number of amides is 1. The molecule has 0 saturated carbocycles. The van der Waals surface area contributed by atoms with E-state index in [1.165, 1.54) is 36.3 Å². The highest BCUT2D eigenvalue weighted by Gasteiger charge is 2.45. The highest BCUT2D eigenvalue weighted by atomic mass is 16.2. The lowest BCUT2D eigenvalue weighted by atomic mass is 9.73. The lowest BCUT2D eigenvalue weighted by molar-refractivity contribution is -0.122. The van der Waals surface area contributed by atoms with Gasteiger partial charge < -0.3 is 15.2 Å². The summed E-state index contributed by atoms with van der Waals surface area (Å²) in [6.07, 6.45) is 6.85. The molecule has 3 aliphatic rings. The second-order valence-corrected chi connectivity index (χ2v) is 7.75. The molecule has 25 heavy (non-hydrogen) atoms. The van der Waals surface area contributed by atoms with E-state index in [1.807, 2.05) is 0 Å². The third-order valence-electron chi connectivity index (χ3n) is 6.25. The molecule has 2 bridgehead atoms. The Hall–Kier alpha value is -1.66. The van der Waals surface area contributed by atoms with Gasteiger partial charge in [-0.3, -0.25) is 14.5 Å². The lowest BCUT2D eigenvalue weighted by Crippen LogP contribution is -2.65. The van der Waals surface area contributed by atoms with E-state index in [2.05, 4.69) is 15.5 Å². The van der Waals surface area contributed by atoms with Crippen LogP contribution in [0, 0.1) is 11.8 Å². The molecule has 0 radical (unpaired) electrons. The molecule has 3 saturated heterocycles. The summed E-state index contributed by atoms with van der Waals surface area (Å²) >= 11 is 0. The maximum atomic E-state index is 12.3. The number of piperidine rings is 3. The van der Waals surface area contributed by atoms with Gasteiger partial charge in [-0.1, -0.05) is 12.5 Å². The Morgan fingerprint density at radius 2 is 2.12 bits per heavy atom. The minimum absolute atomic E-state index is 0.0762. The van der Waals surface area contributed by atoms with Crippen LogP contribution in [0.3, 0.4) is 0 Å². The van der Waals surface area contributed by atoms with Gasteiger partial charge >= 0.3 is 0 Å². The molecule has 1 aromatic rings. The quantitative estimate of drug-likeness (QED) is 0.831. The number of carbonyl (C=O) groups excluding carboxylic acids is 1. The first-order valence-electron chi connectivity index (χ1n) is 9.61. The Labute approximate surface area is 148 Å². The average Bonchev–Trinajstić information content (AvgIpc) is 2.64. The van der Waals surface area contributed by atoms with E-state index in [1.54, 1.807) is 18.3 Å². The van der Waals surface area contributed by atoms with Crippen molar-refractivity contribution in [2.75, 3.05) is 26.2 Å². The molecule has 136 valence electrons. The highest BCUT2D eigenvalue weighted by molar-refractivity contribution is 5.75. The largest absolute Gasteiger partial charge is 0.353 e. The van der Waals surface area contributed by atoms with Crippen LogP contribution in [0.25, 0.3) is 0 Å². The summed E-state index contributed by atoms with van der Waals surface area (Å²) in [5, 5.41) is 6.70. The Bertz CT molecular complexity index is 673. The van der Waals surface area contributed by atoms with Crippen molar-refractivity contribution in [3.8, 4) is 0 Å². The summed E-state index contributed by atoms with van der Waals surface area (Å²) in [5.41, 5.74) is -0.134. The molecule has 0 aromatic carbocycles. The first-order valence-corrected chi connectivity index (χ1v) is 9.61. The predicted octanol–water partition coefficient (Wildman–Crippen LogP) is 0.427. The molecular formula is C19H28N4O2. The summed E-state index contributed by atoms with van der Waals surface area (Å²) in [6, 6.07) is 6.06. The summed E-state index contributed by atoms with van der Waals surface area (Å²) in [4.78, 5) is 26.8. The zero-order valence-electron chi connectivity index (χ0n) is 14.7. The zero-order chi connectivity index (χ0) is 17.2. The van der Waals surface area contributed by atoms with Crippen LogP contribution in [-0.2, 0) is 11.3 Å².